The van der Waals surface area contributed by atoms with Crippen molar-refractivity contribution in [3.8, 4) is 0 Å². The van der Waals surface area contributed by atoms with Crippen LogP contribution in [0.15, 0.2) is 34.1 Å². The van der Waals surface area contributed by atoms with E-state index in [-0.39, 0.29) is 4.90 Å². The highest BCUT2D eigenvalue weighted by molar-refractivity contribution is 7.94. The van der Waals surface area contributed by atoms with Crippen molar-refractivity contribution in [2.24, 2.45) is 0 Å². The van der Waals surface area contributed by atoms with E-state index in [9.17, 15) is 18.2 Å². The smallest absolute Gasteiger partial charge is 0.124 e. The van der Waals surface area contributed by atoms with E-state index in [1.165, 1.54) is 38.2 Å². The fourth-order valence-corrected chi connectivity index (χ4v) is 4.60. The number of rotatable bonds is 12. The lowest BCUT2D eigenvalue weighted by Crippen LogP contribution is -2.03. The van der Waals surface area contributed by atoms with Gasteiger partial charge in [0.25, 0.3) is 0 Å². The van der Waals surface area contributed by atoms with E-state index < -0.39 is 10.1 Å². The first-order valence-corrected chi connectivity index (χ1v) is 11.7. The van der Waals surface area contributed by atoms with Gasteiger partial charge in [0.15, 0.2) is 0 Å². The molecule has 0 amide bonds. The maximum absolute atomic E-state index is 11.4. The molecule has 2 aromatic carbocycles. The van der Waals surface area contributed by atoms with Crippen molar-refractivity contribution in [2.75, 3.05) is 0 Å². The minimum absolute atomic E-state index is 0.239. The third-order valence-corrected chi connectivity index (χ3v) is 6.45. The van der Waals surface area contributed by atoms with Crippen LogP contribution >= 0.6 is 12.0 Å². The quantitative estimate of drug-likeness (QED) is 0.161. The maximum atomic E-state index is 11.4. The Morgan fingerprint density at radius 1 is 0.964 bits per heavy atom. The van der Waals surface area contributed by atoms with Crippen molar-refractivity contribution in [2.45, 2.75) is 75.0 Å². The van der Waals surface area contributed by atoms with Crippen LogP contribution in [0.3, 0.4) is 0 Å². The molecular weight excluding hydrogens is 400 g/mol. The molecule has 8 heteroatoms. The Morgan fingerprint density at radius 3 is 2.25 bits per heavy atom. The average Bonchev–Trinajstić information content (AvgIpc) is 2.64. The zero-order chi connectivity index (χ0) is 20.6. The van der Waals surface area contributed by atoms with Crippen LogP contribution in [0.2, 0.25) is 0 Å². The number of hydrogen-bond acceptors (Lipinski definition) is 7. The van der Waals surface area contributed by atoms with Gasteiger partial charge in [-0.3, -0.25) is 5.04 Å². The molecule has 0 aliphatic carbocycles. The lowest BCUT2D eigenvalue weighted by Gasteiger charge is -2.15. The molecule has 0 atom stereocenters. The van der Waals surface area contributed by atoms with E-state index in [0.29, 0.717) is 15.8 Å². The number of benzene rings is 2. The second-order valence-corrected chi connectivity index (χ2v) is 9.06. The molecule has 0 N–H and O–H groups in total. The van der Waals surface area contributed by atoms with Gasteiger partial charge in [0.05, 0.1) is 16.9 Å². The van der Waals surface area contributed by atoms with E-state index in [0.717, 1.165) is 42.3 Å². The first-order chi connectivity index (χ1) is 13.4. The molecule has 156 valence electrons. The molecule has 28 heavy (non-hydrogen) atoms. The van der Waals surface area contributed by atoms with Crippen LogP contribution in [0.1, 0.15) is 63.0 Å². The van der Waals surface area contributed by atoms with Crippen molar-refractivity contribution in [1.29, 1.82) is 0 Å². The van der Waals surface area contributed by atoms with E-state index >= 15 is 0 Å². The molecular formula is C20H26O6S2-2. The van der Waals surface area contributed by atoms with Crippen LogP contribution in [0.5, 0.6) is 0 Å². The lowest BCUT2D eigenvalue weighted by molar-refractivity contribution is -0.777. The van der Waals surface area contributed by atoms with Crippen LogP contribution in [0.25, 0.3) is 10.8 Å². The second kappa shape index (κ2) is 11.1. The van der Waals surface area contributed by atoms with Gasteiger partial charge in [-0.2, -0.15) is 4.33 Å². The highest BCUT2D eigenvalue weighted by atomic mass is 32.2. The molecule has 0 aromatic heterocycles. The summed E-state index contributed by atoms with van der Waals surface area (Å²) in [6.45, 7) is 3.81. The summed E-state index contributed by atoms with van der Waals surface area (Å²) in [5.74, 6) is 0. The fraction of sp³-hybridized carbons (Fsp3) is 0.500. The van der Waals surface area contributed by atoms with Gasteiger partial charge in [0, 0.05) is 4.90 Å². The molecule has 0 bridgehead atoms. The molecule has 2 aromatic rings. The van der Waals surface area contributed by atoms with Gasteiger partial charge in [-0.25, -0.2) is 8.42 Å². The minimum atomic E-state index is -4.55. The number of aryl methyl sites for hydroxylation is 2. The average molecular weight is 427 g/mol. The molecule has 0 fully saturated rings. The number of unbranched alkanes of at least 4 members (excludes halogenated alkanes) is 6. The predicted octanol–water partition coefficient (Wildman–Crippen LogP) is 4.58. The van der Waals surface area contributed by atoms with Crippen LogP contribution in [-0.2, 0) is 25.9 Å². The summed E-state index contributed by atoms with van der Waals surface area (Å²) >= 11 is 0.792. The molecule has 0 heterocycles. The first kappa shape index (κ1) is 23.1. The molecule has 0 unspecified atom stereocenters. The van der Waals surface area contributed by atoms with Crippen molar-refractivity contribution in [3.63, 3.8) is 0 Å². The topological polar surface area (TPSA) is 98.7 Å². The maximum Gasteiger partial charge on any atom is 0.124 e. The van der Waals surface area contributed by atoms with Crippen molar-refractivity contribution in [3.05, 3.63) is 35.4 Å². The summed E-state index contributed by atoms with van der Waals surface area (Å²) in [6.07, 6.45) is 9.16. The fourth-order valence-electron chi connectivity index (χ4n) is 3.33. The third-order valence-electron chi connectivity index (χ3n) is 4.78. The first-order valence-electron chi connectivity index (χ1n) is 9.53. The second-order valence-electron chi connectivity index (χ2n) is 6.97. The van der Waals surface area contributed by atoms with Gasteiger partial charge in [0.1, 0.15) is 10.1 Å². The summed E-state index contributed by atoms with van der Waals surface area (Å²) in [7, 11) is -4.55. The normalized spacial score (nSPS) is 12.0. The van der Waals surface area contributed by atoms with Gasteiger partial charge in [-0.05, 0) is 59.9 Å². The van der Waals surface area contributed by atoms with Crippen molar-refractivity contribution < 1.29 is 27.6 Å². The predicted molar refractivity (Wildman–Crippen MR) is 106 cm³/mol. The highest BCUT2D eigenvalue weighted by Gasteiger charge is 2.12. The summed E-state index contributed by atoms with van der Waals surface area (Å²) < 4.78 is 38.8. The van der Waals surface area contributed by atoms with E-state index in [2.05, 4.69) is 16.3 Å². The van der Waals surface area contributed by atoms with Crippen molar-refractivity contribution >= 4 is 32.9 Å². The molecule has 0 spiro atoms. The molecule has 2 rings (SSSR count). The van der Waals surface area contributed by atoms with Gasteiger partial charge >= 0.3 is 0 Å². The summed E-state index contributed by atoms with van der Waals surface area (Å²) in [5.41, 5.74) is 1.42. The van der Waals surface area contributed by atoms with Crippen LogP contribution in [0, 0.1) is 6.92 Å². The Bertz CT molecular complexity index is 880. The Hall–Kier alpha value is -1.16. The van der Waals surface area contributed by atoms with Crippen molar-refractivity contribution in [1.82, 2.24) is 0 Å². The Morgan fingerprint density at radius 2 is 1.61 bits per heavy atom. The summed E-state index contributed by atoms with van der Waals surface area (Å²) in [6, 6.07) is 6.75. The molecule has 6 nitrogen and oxygen atoms in total. The molecule has 0 saturated carbocycles. The molecule has 0 radical (unpaired) electrons. The minimum Gasteiger partial charge on any atom is -0.744 e. The summed E-state index contributed by atoms with van der Waals surface area (Å²) in [4.78, 5) is 0.434. The van der Waals surface area contributed by atoms with E-state index in [1.54, 1.807) is 19.1 Å². The molecule has 0 saturated heterocycles. The van der Waals surface area contributed by atoms with Gasteiger partial charge in [-0.15, -0.1) is 0 Å². The van der Waals surface area contributed by atoms with Crippen LogP contribution in [0.4, 0.5) is 0 Å². The van der Waals surface area contributed by atoms with Crippen LogP contribution in [-0.4, -0.2) is 13.0 Å². The standard InChI is InChI=1S/C20H28O6S2/c1-3-4-5-6-7-8-9-10-16-12-17-11-15(2)20(28(22,23)24)14-18(17)13-19(16)27-26-25-21/h11-14,21H,3-10H2,1-2H3,(H,22,23,24)/p-2. The molecule has 0 aliphatic rings. The van der Waals surface area contributed by atoms with Gasteiger partial charge in [0.2, 0.25) is 0 Å². The van der Waals surface area contributed by atoms with E-state index in [1.807, 2.05) is 6.07 Å². The van der Waals surface area contributed by atoms with Gasteiger partial charge in [-0.1, -0.05) is 51.5 Å². The molecule has 0 aliphatic heterocycles. The SMILES string of the molecule is CCCCCCCCCc1cc2cc(C)c(S(=O)(=O)[O-])cc2cc1SOO[O-]. The lowest BCUT2D eigenvalue weighted by atomic mass is 10.00. The number of hydrogen-bond donors (Lipinski definition) is 0. The Kier molecular flexibility index (Phi) is 9.20. The zero-order valence-corrected chi connectivity index (χ0v) is 17.9. The Labute approximate surface area is 171 Å². The summed E-state index contributed by atoms with van der Waals surface area (Å²) in [5, 5.41) is 15.1. The van der Waals surface area contributed by atoms with E-state index in [4.69, 9.17) is 0 Å². The Balaban J connectivity index is 2.20. The highest BCUT2D eigenvalue weighted by Crippen LogP contribution is 2.32. The largest absolute Gasteiger partial charge is 0.744 e. The van der Waals surface area contributed by atoms with Crippen LogP contribution < -0.4 is 5.26 Å². The number of fused-ring (bicyclic) bond motifs is 1. The zero-order valence-electron chi connectivity index (χ0n) is 16.2. The van der Waals surface area contributed by atoms with Gasteiger partial charge < -0.3 is 9.81 Å². The third kappa shape index (κ3) is 6.72. The monoisotopic (exact) mass is 426 g/mol.